The molecule has 0 aliphatic heterocycles. The molecule has 3 heteroatoms. The smallest absolute Gasteiger partial charge is 0.312 e. The van der Waals surface area contributed by atoms with Crippen LogP contribution in [0.3, 0.4) is 0 Å². The number of carbonyl (C=O) groups is 2. The molecule has 0 aromatic carbocycles. The van der Waals surface area contributed by atoms with Crippen molar-refractivity contribution < 1.29 is 14.3 Å². The van der Waals surface area contributed by atoms with Gasteiger partial charge in [-0.2, -0.15) is 0 Å². The van der Waals surface area contributed by atoms with E-state index in [4.69, 9.17) is 4.74 Å². The van der Waals surface area contributed by atoms with E-state index in [2.05, 4.69) is 6.42 Å². The lowest BCUT2D eigenvalue weighted by atomic mass is 9.84. The molecule has 2 unspecified atom stereocenters. The van der Waals surface area contributed by atoms with Crippen LogP contribution in [0, 0.1) is 17.8 Å². The molecule has 1 radical (unpaired) electrons. The minimum atomic E-state index is -0.674. The fourth-order valence-corrected chi connectivity index (χ4v) is 3.22. The first-order chi connectivity index (χ1) is 7.83. The van der Waals surface area contributed by atoms with E-state index in [0.717, 1.165) is 25.7 Å². The molecule has 2 bridgehead atoms. The van der Waals surface area contributed by atoms with Crippen molar-refractivity contribution in [3.8, 4) is 0 Å². The molecule has 2 aliphatic rings. The molecule has 0 saturated heterocycles. The zero-order chi connectivity index (χ0) is 12.7. The monoisotopic (exact) mass is 237 g/mol. The predicted molar refractivity (Wildman–Crippen MR) is 64.2 cm³/mol. The van der Waals surface area contributed by atoms with Gasteiger partial charge in [0, 0.05) is 6.42 Å². The molecule has 17 heavy (non-hydrogen) atoms. The highest BCUT2D eigenvalue weighted by Gasteiger charge is 2.52. The second kappa shape index (κ2) is 4.11. The van der Waals surface area contributed by atoms with Crippen LogP contribution in [0.1, 0.15) is 52.9 Å². The molecule has 0 heterocycles. The van der Waals surface area contributed by atoms with Crippen molar-refractivity contribution in [1.29, 1.82) is 0 Å². The van der Waals surface area contributed by atoms with Gasteiger partial charge in [-0.05, 0) is 58.8 Å². The molecule has 3 nitrogen and oxygen atoms in total. The Morgan fingerprint density at radius 3 is 2.59 bits per heavy atom. The molecule has 0 aromatic rings. The van der Waals surface area contributed by atoms with Crippen LogP contribution < -0.4 is 0 Å². The molecule has 0 amide bonds. The third-order valence-corrected chi connectivity index (χ3v) is 3.94. The third-order valence-electron chi connectivity index (χ3n) is 3.94. The summed E-state index contributed by atoms with van der Waals surface area (Å²) in [6.45, 7) is 5.15. The van der Waals surface area contributed by atoms with Gasteiger partial charge >= 0.3 is 5.97 Å². The van der Waals surface area contributed by atoms with E-state index >= 15 is 0 Å². The number of carbonyl (C=O) groups excluding carboxylic acids is 2. The number of Topliss-reactive ketones (excluding diaryl/α,β-unsaturated/α-hetero) is 1. The molecule has 95 valence electrons. The molecule has 2 saturated carbocycles. The summed E-state index contributed by atoms with van der Waals surface area (Å²) in [5.74, 6) is 0.613. The molecule has 2 aliphatic carbocycles. The Morgan fingerprint density at radius 2 is 2.18 bits per heavy atom. The predicted octanol–water partition coefficient (Wildman–Crippen LogP) is 2.68. The van der Waals surface area contributed by atoms with Crippen molar-refractivity contribution in [1.82, 2.24) is 0 Å². The van der Waals surface area contributed by atoms with Crippen molar-refractivity contribution in [2.75, 3.05) is 0 Å². The van der Waals surface area contributed by atoms with Crippen molar-refractivity contribution in [3.63, 3.8) is 0 Å². The van der Waals surface area contributed by atoms with Gasteiger partial charge in [0.1, 0.15) is 11.4 Å². The van der Waals surface area contributed by atoms with E-state index in [1.54, 1.807) is 0 Å². The Kier molecular flexibility index (Phi) is 3.04. The lowest BCUT2D eigenvalue weighted by molar-refractivity contribution is -0.167. The van der Waals surface area contributed by atoms with E-state index in [9.17, 15) is 9.59 Å². The van der Waals surface area contributed by atoms with Crippen LogP contribution in [-0.2, 0) is 14.3 Å². The van der Waals surface area contributed by atoms with Gasteiger partial charge in [-0.1, -0.05) is 0 Å². The number of rotatable bonds is 4. The molecule has 0 aromatic heterocycles. The molecule has 2 atom stereocenters. The van der Waals surface area contributed by atoms with Crippen LogP contribution >= 0.6 is 0 Å². The summed E-state index contributed by atoms with van der Waals surface area (Å²) in [4.78, 5) is 23.4. The van der Waals surface area contributed by atoms with Gasteiger partial charge in [0.05, 0.1) is 5.41 Å². The van der Waals surface area contributed by atoms with Gasteiger partial charge in [-0.25, -0.2) is 0 Å². The zero-order valence-electron chi connectivity index (χ0n) is 10.9. The average Bonchev–Trinajstić information content (AvgIpc) is 2.74. The van der Waals surface area contributed by atoms with E-state index < -0.39 is 5.60 Å². The van der Waals surface area contributed by atoms with Crippen LogP contribution in [0.4, 0.5) is 0 Å². The van der Waals surface area contributed by atoms with E-state index in [0.29, 0.717) is 5.92 Å². The highest BCUT2D eigenvalue weighted by molar-refractivity contribution is 5.81. The summed E-state index contributed by atoms with van der Waals surface area (Å²) in [6.07, 6.45) is 6.47. The van der Waals surface area contributed by atoms with Crippen LogP contribution in [-0.4, -0.2) is 17.4 Å². The second-order valence-electron chi connectivity index (χ2n) is 6.23. The van der Waals surface area contributed by atoms with E-state index in [-0.39, 0.29) is 23.6 Å². The van der Waals surface area contributed by atoms with Gasteiger partial charge < -0.3 is 4.74 Å². The Balaban J connectivity index is 1.99. The fourth-order valence-electron chi connectivity index (χ4n) is 3.22. The fraction of sp³-hybridized carbons (Fsp3) is 0.786. The Morgan fingerprint density at radius 1 is 1.47 bits per heavy atom. The van der Waals surface area contributed by atoms with E-state index in [1.807, 2.05) is 13.8 Å². The van der Waals surface area contributed by atoms with Gasteiger partial charge in [-0.15, -0.1) is 0 Å². The Labute approximate surface area is 103 Å². The number of ether oxygens (including phenoxy) is 1. The zero-order valence-corrected chi connectivity index (χ0v) is 10.9. The quantitative estimate of drug-likeness (QED) is 0.706. The molecule has 2 rings (SSSR count). The van der Waals surface area contributed by atoms with Crippen molar-refractivity contribution >= 4 is 11.8 Å². The minimum Gasteiger partial charge on any atom is -0.459 e. The maximum atomic E-state index is 12.3. The van der Waals surface area contributed by atoms with Crippen molar-refractivity contribution in [2.45, 2.75) is 58.5 Å². The van der Waals surface area contributed by atoms with Crippen molar-refractivity contribution in [3.05, 3.63) is 6.42 Å². The van der Waals surface area contributed by atoms with Gasteiger partial charge in [0.15, 0.2) is 0 Å². The van der Waals surface area contributed by atoms with Crippen LogP contribution in [0.2, 0.25) is 0 Å². The molecule has 0 spiro atoms. The maximum Gasteiger partial charge on any atom is 0.312 e. The van der Waals surface area contributed by atoms with Gasteiger partial charge in [0.2, 0.25) is 0 Å². The third kappa shape index (κ3) is 2.53. The van der Waals surface area contributed by atoms with E-state index in [1.165, 1.54) is 6.92 Å². The first-order valence-corrected chi connectivity index (χ1v) is 6.40. The summed E-state index contributed by atoms with van der Waals surface area (Å²) in [7, 11) is 0. The summed E-state index contributed by atoms with van der Waals surface area (Å²) in [5.41, 5.74) is -1.01. The summed E-state index contributed by atoms with van der Waals surface area (Å²) >= 11 is 0. The maximum absolute atomic E-state index is 12.3. The number of hydrogen-bond acceptors (Lipinski definition) is 3. The Bertz CT molecular complexity index is 335. The van der Waals surface area contributed by atoms with Gasteiger partial charge in [-0.3, -0.25) is 9.59 Å². The highest BCUT2D eigenvalue weighted by atomic mass is 16.6. The lowest BCUT2D eigenvalue weighted by Gasteiger charge is -2.31. The topological polar surface area (TPSA) is 43.4 Å². The molecule has 2 fully saturated rings. The molecular weight excluding hydrogens is 216 g/mol. The molecular formula is C14H21O3. The first-order valence-electron chi connectivity index (χ1n) is 6.40. The summed E-state index contributed by atoms with van der Waals surface area (Å²) in [6, 6.07) is 0. The molecule has 0 N–H and O–H groups in total. The highest BCUT2D eigenvalue weighted by Crippen LogP contribution is 2.54. The second-order valence-corrected chi connectivity index (χ2v) is 6.23. The van der Waals surface area contributed by atoms with Crippen LogP contribution in [0.15, 0.2) is 0 Å². The average molecular weight is 237 g/mol. The van der Waals surface area contributed by atoms with Gasteiger partial charge in [0.25, 0.3) is 0 Å². The van der Waals surface area contributed by atoms with Crippen LogP contribution in [0.25, 0.3) is 0 Å². The standard InChI is InChI=1S/C14H21O3/c1-10(15)8-13(2,3)17-12(16)14-6-4-11(9-14)5-7-14/h6,11H,4-5,7-9H2,1-3H3. The number of esters is 1. The number of ketones is 1. The normalized spacial score (nSPS) is 31.6. The SMILES string of the molecule is CC(=O)CC(C)(C)OC(=O)C12[CH]CC(CC1)C2. The number of hydrogen-bond donors (Lipinski definition) is 0. The summed E-state index contributed by atoms with van der Waals surface area (Å²) in [5, 5.41) is 0. The summed E-state index contributed by atoms with van der Waals surface area (Å²) < 4.78 is 5.56. The lowest BCUT2D eigenvalue weighted by Crippen LogP contribution is -2.38. The van der Waals surface area contributed by atoms with Crippen LogP contribution in [0.5, 0.6) is 0 Å². The number of fused-ring (bicyclic) bond motifs is 2. The first kappa shape index (κ1) is 12.6. The largest absolute Gasteiger partial charge is 0.459 e. The Hall–Kier alpha value is -0.860. The minimum absolute atomic E-state index is 0.0556. The van der Waals surface area contributed by atoms with Crippen molar-refractivity contribution in [2.24, 2.45) is 11.3 Å².